The molecule has 2 heterocycles. The summed E-state index contributed by atoms with van der Waals surface area (Å²) in [6.07, 6.45) is 0.823. The third-order valence-corrected chi connectivity index (χ3v) is 6.30. The van der Waals surface area contributed by atoms with Crippen molar-refractivity contribution in [2.45, 2.75) is 18.5 Å². The van der Waals surface area contributed by atoms with Gasteiger partial charge in [0.25, 0.3) is 0 Å². The second kappa shape index (κ2) is 8.62. The number of fused-ring (bicyclic) bond motifs is 3. The molecule has 4 rings (SSSR count). The summed E-state index contributed by atoms with van der Waals surface area (Å²) < 4.78 is 3.07. The first-order valence-electron chi connectivity index (χ1n) is 9.15. The number of carbonyl (C=O) groups excluding carboxylic acids is 2. The van der Waals surface area contributed by atoms with E-state index < -0.39 is 0 Å². The molecule has 0 atom stereocenters. The van der Waals surface area contributed by atoms with Crippen molar-refractivity contribution >= 4 is 55.8 Å². The van der Waals surface area contributed by atoms with Crippen LogP contribution in [-0.2, 0) is 16.0 Å². The number of benzene rings is 2. The number of hydrogen-bond donors (Lipinski definition) is 2. The molecule has 2 amide bonds. The predicted octanol–water partition coefficient (Wildman–Crippen LogP) is 3.35. The Morgan fingerprint density at radius 2 is 1.86 bits per heavy atom. The Morgan fingerprint density at radius 3 is 2.72 bits per heavy atom. The van der Waals surface area contributed by atoms with Gasteiger partial charge in [0.15, 0.2) is 5.16 Å². The van der Waals surface area contributed by atoms with Gasteiger partial charge in [0.2, 0.25) is 16.8 Å². The van der Waals surface area contributed by atoms with Crippen LogP contribution in [0.2, 0.25) is 0 Å². The van der Waals surface area contributed by atoms with Crippen molar-refractivity contribution in [3.8, 4) is 0 Å². The van der Waals surface area contributed by atoms with E-state index in [0.717, 1.165) is 32.8 Å². The van der Waals surface area contributed by atoms with Crippen molar-refractivity contribution in [3.05, 3.63) is 54.1 Å². The fourth-order valence-corrected chi connectivity index (χ4v) is 4.75. The van der Waals surface area contributed by atoms with Crippen LogP contribution in [0.3, 0.4) is 0 Å². The topological polar surface area (TPSA) is 88.4 Å². The Kier molecular flexibility index (Phi) is 5.77. The number of thiazole rings is 1. The zero-order valence-corrected chi connectivity index (χ0v) is 17.3. The highest BCUT2D eigenvalue weighted by Gasteiger charge is 2.14. The Morgan fingerprint density at radius 1 is 1.07 bits per heavy atom. The Hall–Kier alpha value is -2.91. The number of anilines is 1. The third kappa shape index (κ3) is 4.25. The average molecular weight is 426 g/mol. The van der Waals surface area contributed by atoms with Crippen LogP contribution in [0.4, 0.5) is 5.69 Å². The number of nitrogens with one attached hydrogen (secondary N) is 2. The Balaban J connectivity index is 1.32. The zero-order chi connectivity index (χ0) is 20.2. The molecule has 148 valence electrons. The maximum atomic E-state index is 12.2. The number of hydrogen-bond acceptors (Lipinski definition) is 6. The van der Waals surface area contributed by atoms with E-state index >= 15 is 0 Å². The number of nitrogens with zero attached hydrogens (tertiary/aromatic N) is 3. The SMILES string of the molecule is CCc1ccccc1NC(=O)CNC(=O)CSc1nnc2sc3ccccc3n12. The van der Waals surface area contributed by atoms with E-state index in [1.165, 1.54) is 11.8 Å². The Bertz CT molecular complexity index is 1180. The summed E-state index contributed by atoms with van der Waals surface area (Å²) in [5, 5.41) is 14.5. The molecule has 0 saturated heterocycles. The van der Waals surface area contributed by atoms with Crippen molar-refractivity contribution in [3.63, 3.8) is 0 Å². The lowest BCUT2D eigenvalue weighted by molar-refractivity contribution is -0.122. The summed E-state index contributed by atoms with van der Waals surface area (Å²) in [7, 11) is 0. The van der Waals surface area contributed by atoms with Gasteiger partial charge in [-0.2, -0.15) is 0 Å². The molecule has 0 aliphatic heterocycles. The van der Waals surface area contributed by atoms with Gasteiger partial charge < -0.3 is 10.6 Å². The maximum Gasteiger partial charge on any atom is 0.243 e. The van der Waals surface area contributed by atoms with Gasteiger partial charge in [-0.25, -0.2) is 0 Å². The van der Waals surface area contributed by atoms with Crippen LogP contribution < -0.4 is 10.6 Å². The first-order chi connectivity index (χ1) is 14.2. The molecule has 2 N–H and O–H groups in total. The molecule has 0 aliphatic carbocycles. The molecule has 4 aromatic rings. The number of thioether (sulfide) groups is 1. The molecule has 0 aliphatic rings. The van der Waals surface area contributed by atoms with Crippen LogP contribution in [-0.4, -0.2) is 38.7 Å². The molecule has 0 fully saturated rings. The highest BCUT2D eigenvalue weighted by atomic mass is 32.2. The number of rotatable bonds is 7. The van der Waals surface area contributed by atoms with Gasteiger partial charge in [-0.1, -0.05) is 60.4 Å². The summed E-state index contributed by atoms with van der Waals surface area (Å²) in [5.41, 5.74) is 2.86. The van der Waals surface area contributed by atoms with Gasteiger partial charge >= 0.3 is 0 Å². The van der Waals surface area contributed by atoms with E-state index in [-0.39, 0.29) is 24.1 Å². The minimum absolute atomic E-state index is 0.0753. The second-order valence-electron chi connectivity index (χ2n) is 6.29. The van der Waals surface area contributed by atoms with Crippen LogP contribution in [0.15, 0.2) is 53.7 Å². The second-order valence-corrected chi connectivity index (χ2v) is 8.25. The van der Waals surface area contributed by atoms with Crippen LogP contribution >= 0.6 is 23.1 Å². The smallest absolute Gasteiger partial charge is 0.243 e. The average Bonchev–Trinajstić information content (AvgIpc) is 3.30. The van der Waals surface area contributed by atoms with Gasteiger partial charge in [0.1, 0.15) is 0 Å². The van der Waals surface area contributed by atoms with Crippen LogP contribution in [0.1, 0.15) is 12.5 Å². The molecule has 2 aromatic carbocycles. The number of aryl methyl sites for hydroxylation is 1. The lowest BCUT2D eigenvalue weighted by Gasteiger charge is -2.10. The summed E-state index contributed by atoms with van der Waals surface area (Å²) in [5.74, 6) is -0.327. The van der Waals surface area contributed by atoms with Crippen LogP contribution in [0, 0.1) is 0 Å². The lowest BCUT2D eigenvalue weighted by atomic mass is 10.1. The molecule has 2 aromatic heterocycles. The van der Waals surface area contributed by atoms with E-state index in [1.807, 2.05) is 59.9 Å². The monoisotopic (exact) mass is 425 g/mol. The summed E-state index contributed by atoms with van der Waals surface area (Å²) in [6, 6.07) is 15.6. The van der Waals surface area contributed by atoms with Crippen LogP contribution in [0.5, 0.6) is 0 Å². The van der Waals surface area contributed by atoms with E-state index in [4.69, 9.17) is 0 Å². The third-order valence-electron chi connectivity index (χ3n) is 4.36. The van der Waals surface area contributed by atoms with E-state index in [0.29, 0.717) is 5.16 Å². The quantitative estimate of drug-likeness (QED) is 0.443. The molecule has 0 saturated carbocycles. The van der Waals surface area contributed by atoms with Crippen molar-refractivity contribution in [1.82, 2.24) is 19.9 Å². The van der Waals surface area contributed by atoms with Gasteiger partial charge in [0, 0.05) is 5.69 Å². The number of amides is 2. The highest BCUT2D eigenvalue weighted by Crippen LogP contribution is 2.29. The van der Waals surface area contributed by atoms with E-state index in [2.05, 4.69) is 20.8 Å². The van der Waals surface area contributed by atoms with Gasteiger partial charge in [-0.15, -0.1) is 10.2 Å². The molecule has 0 spiro atoms. The first kappa shape index (κ1) is 19.4. The molecule has 0 radical (unpaired) electrons. The largest absolute Gasteiger partial charge is 0.346 e. The van der Waals surface area contributed by atoms with Crippen molar-refractivity contribution in [1.29, 1.82) is 0 Å². The number of para-hydroxylation sites is 2. The fourth-order valence-electron chi connectivity index (χ4n) is 2.95. The minimum atomic E-state index is -0.252. The molecule has 0 bridgehead atoms. The van der Waals surface area contributed by atoms with Gasteiger partial charge in [-0.05, 0) is 30.2 Å². The fraction of sp³-hybridized carbons (Fsp3) is 0.200. The summed E-state index contributed by atoms with van der Waals surface area (Å²) in [6.45, 7) is 1.95. The van der Waals surface area contributed by atoms with Crippen molar-refractivity contribution in [2.24, 2.45) is 0 Å². The highest BCUT2D eigenvalue weighted by molar-refractivity contribution is 7.99. The van der Waals surface area contributed by atoms with E-state index in [9.17, 15) is 9.59 Å². The standard InChI is InChI=1S/C20H19N5O2S2/c1-2-13-7-3-4-8-14(13)22-17(26)11-21-18(27)12-28-19-23-24-20-25(19)15-9-5-6-10-16(15)29-20/h3-10H,2,11-12H2,1H3,(H,21,27)(H,22,26). The normalized spacial score (nSPS) is 11.1. The lowest BCUT2D eigenvalue weighted by Crippen LogP contribution is -2.34. The zero-order valence-electron chi connectivity index (χ0n) is 15.7. The minimum Gasteiger partial charge on any atom is -0.346 e. The van der Waals surface area contributed by atoms with E-state index in [1.54, 1.807) is 11.3 Å². The predicted molar refractivity (Wildman–Crippen MR) is 117 cm³/mol. The number of carbonyl (C=O) groups is 2. The molecule has 7 nitrogen and oxygen atoms in total. The molecule has 9 heteroatoms. The maximum absolute atomic E-state index is 12.2. The van der Waals surface area contributed by atoms with Gasteiger partial charge in [0.05, 0.1) is 22.5 Å². The first-order valence-corrected chi connectivity index (χ1v) is 11.0. The molecular formula is C20H19N5O2S2. The van der Waals surface area contributed by atoms with Gasteiger partial charge in [-0.3, -0.25) is 14.0 Å². The molecule has 0 unspecified atom stereocenters. The Labute approximate surface area is 175 Å². The molecular weight excluding hydrogens is 406 g/mol. The van der Waals surface area contributed by atoms with Crippen molar-refractivity contribution in [2.75, 3.05) is 17.6 Å². The van der Waals surface area contributed by atoms with Crippen LogP contribution in [0.25, 0.3) is 15.2 Å². The number of aromatic nitrogens is 3. The van der Waals surface area contributed by atoms with Crippen molar-refractivity contribution < 1.29 is 9.59 Å². The molecule has 29 heavy (non-hydrogen) atoms. The summed E-state index contributed by atoms with van der Waals surface area (Å²) in [4.78, 5) is 25.1. The summed E-state index contributed by atoms with van der Waals surface area (Å²) >= 11 is 2.86.